The van der Waals surface area contributed by atoms with E-state index in [0.717, 1.165) is 28.8 Å². The van der Waals surface area contributed by atoms with Crippen LogP contribution in [0.5, 0.6) is 0 Å². The van der Waals surface area contributed by atoms with Gasteiger partial charge >= 0.3 is 0 Å². The second-order valence-corrected chi connectivity index (χ2v) is 5.35. The molecule has 4 heteroatoms. The Bertz CT molecular complexity index is 624. The Balaban J connectivity index is 2.52. The highest BCUT2D eigenvalue weighted by molar-refractivity contribution is 6.33. The zero-order valence-corrected chi connectivity index (χ0v) is 12.0. The first-order chi connectivity index (χ1) is 8.90. The highest BCUT2D eigenvalue weighted by atomic mass is 35.5. The summed E-state index contributed by atoms with van der Waals surface area (Å²) in [5, 5.41) is -0.484. The average molecular weight is 301 g/mol. The van der Waals surface area contributed by atoms with Crippen molar-refractivity contribution in [2.75, 3.05) is 0 Å². The van der Waals surface area contributed by atoms with Crippen LogP contribution < -0.4 is 0 Å². The molecule has 0 saturated heterocycles. The van der Waals surface area contributed by atoms with Crippen LogP contribution in [0.2, 0.25) is 5.02 Å². The van der Waals surface area contributed by atoms with Crippen molar-refractivity contribution in [3.8, 4) is 0 Å². The Hall–Kier alpha value is -1.12. The molecule has 0 aliphatic rings. The summed E-state index contributed by atoms with van der Waals surface area (Å²) in [5.74, 6) is -1.92. The van der Waals surface area contributed by atoms with E-state index < -0.39 is 17.0 Å². The lowest BCUT2D eigenvalue weighted by Crippen LogP contribution is -2.00. The molecule has 0 spiro atoms. The standard InChI is InChI=1S/C15H12Cl2F2/c1-8-3-4-9(2)10(5-8)15(17)11-6-13(18)14(19)7-12(11)16/h3-7,15H,1-2H3. The van der Waals surface area contributed by atoms with Crippen LogP contribution in [-0.4, -0.2) is 0 Å². The molecule has 0 aliphatic carbocycles. The summed E-state index contributed by atoms with van der Waals surface area (Å²) in [6, 6.07) is 7.83. The van der Waals surface area contributed by atoms with Crippen LogP contribution in [-0.2, 0) is 0 Å². The monoisotopic (exact) mass is 300 g/mol. The van der Waals surface area contributed by atoms with Gasteiger partial charge in [-0.05, 0) is 42.7 Å². The minimum atomic E-state index is -0.974. The quantitative estimate of drug-likeness (QED) is 0.503. The molecule has 0 aliphatic heterocycles. The Morgan fingerprint density at radius 2 is 1.58 bits per heavy atom. The number of hydrogen-bond donors (Lipinski definition) is 0. The van der Waals surface area contributed by atoms with Crippen molar-refractivity contribution in [3.63, 3.8) is 0 Å². The first-order valence-electron chi connectivity index (χ1n) is 5.76. The van der Waals surface area contributed by atoms with E-state index in [4.69, 9.17) is 23.2 Å². The van der Waals surface area contributed by atoms with Gasteiger partial charge in [-0.1, -0.05) is 35.4 Å². The van der Waals surface area contributed by atoms with Gasteiger partial charge in [-0.3, -0.25) is 0 Å². The molecule has 0 N–H and O–H groups in total. The van der Waals surface area contributed by atoms with Crippen LogP contribution in [0.25, 0.3) is 0 Å². The van der Waals surface area contributed by atoms with Gasteiger partial charge in [-0.15, -0.1) is 11.6 Å². The van der Waals surface area contributed by atoms with E-state index in [-0.39, 0.29) is 5.02 Å². The van der Waals surface area contributed by atoms with Crippen molar-refractivity contribution in [1.82, 2.24) is 0 Å². The maximum absolute atomic E-state index is 13.3. The minimum Gasteiger partial charge on any atom is -0.204 e. The fraction of sp³-hybridized carbons (Fsp3) is 0.200. The predicted molar refractivity (Wildman–Crippen MR) is 75.0 cm³/mol. The molecular formula is C15H12Cl2F2. The van der Waals surface area contributed by atoms with Crippen molar-refractivity contribution >= 4 is 23.2 Å². The fourth-order valence-corrected chi connectivity index (χ4v) is 2.66. The number of halogens is 4. The van der Waals surface area contributed by atoms with Gasteiger partial charge in [0.25, 0.3) is 0 Å². The highest BCUT2D eigenvalue weighted by Gasteiger charge is 2.19. The summed E-state index contributed by atoms with van der Waals surface area (Å²) in [5.41, 5.74) is 3.24. The summed E-state index contributed by atoms with van der Waals surface area (Å²) in [4.78, 5) is 0. The molecule has 0 radical (unpaired) electrons. The molecule has 2 aromatic rings. The number of rotatable bonds is 2. The SMILES string of the molecule is Cc1ccc(C)c(C(Cl)c2cc(F)c(F)cc2Cl)c1. The molecule has 0 amide bonds. The van der Waals surface area contributed by atoms with E-state index in [9.17, 15) is 8.78 Å². The molecule has 0 saturated carbocycles. The zero-order chi connectivity index (χ0) is 14.2. The van der Waals surface area contributed by atoms with Gasteiger partial charge in [0.1, 0.15) is 0 Å². The van der Waals surface area contributed by atoms with Crippen molar-refractivity contribution in [3.05, 3.63) is 69.2 Å². The van der Waals surface area contributed by atoms with Gasteiger partial charge in [0.15, 0.2) is 11.6 Å². The third-order valence-electron chi connectivity index (χ3n) is 3.02. The van der Waals surface area contributed by atoms with Crippen LogP contribution >= 0.6 is 23.2 Å². The third-order valence-corrected chi connectivity index (χ3v) is 3.82. The Labute approximate surface area is 121 Å². The predicted octanol–water partition coefficient (Wildman–Crippen LogP) is 5.56. The lowest BCUT2D eigenvalue weighted by atomic mass is 9.98. The lowest BCUT2D eigenvalue weighted by molar-refractivity contribution is 0.507. The lowest BCUT2D eigenvalue weighted by Gasteiger charge is -2.15. The van der Waals surface area contributed by atoms with Gasteiger partial charge in [-0.2, -0.15) is 0 Å². The number of aryl methyl sites for hydroxylation is 2. The van der Waals surface area contributed by atoms with Gasteiger partial charge in [-0.25, -0.2) is 8.78 Å². The van der Waals surface area contributed by atoms with Crippen molar-refractivity contribution < 1.29 is 8.78 Å². The van der Waals surface area contributed by atoms with Crippen molar-refractivity contribution in [2.45, 2.75) is 19.2 Å². The normalized spacial score (nSPS) is 12.5. The summed E-state index contributed by atoms with van der Waals surface area (Å²) < 4.78 is 26.4. The Morgan fingerprint density at radius 1 is 0.947 bits per heavy atom. The highest BCUT2D eigenvalue weighted by Crippen LogP contribution is 2.36. The van der Waals surface area contributed by atoms with Gasteiger partial charge in [0, 0.05) is 5.02 Å². The summed E-state index contributed by atoms with van der Waals surface area (Å²) >= 11 is 12.3. The van der Waals surface area contributed by atoms with E-state index in [1.165, 1.54) is 0 Å². The second-order valence-electron chi connectivity index (χ2n) is 4.51. The molecule has 19 heavy (non-hydrogen) atoms. The molecule has 0 nitrogen and oxygen atoms in total. The van der Waals surface area contributed by atoms with Crippen LogP contribution in [0.4, 0.5) is 8.78 Å². The van der Waals surface area contributed by atoms with E-state index in [1.54, 1.807) is 0 Å². The first-order valence-corrected chi connectivity index (χ1v) is 6.57. The molecule has 1 atom stereocenters. The maximum atomic E-state index is 13.3. The smallest absolute Gasteiger partial charge is 0.160 e. The molecule has 0 heterocycles. The van der Waals surface area contributed by atoms with E-state index >= 15 is 0 Å². The van der Waals surface area contributed by atoms with E-state index in [1.807, 2.05) is 32.0 Å². The zero-order valence-electron chi connectivity index (χ0n) is 10.5. The third kappa shape index (κ3) is 2.90. The number of alkyl halides is 1. The van der Waals surface area contributed by atoms with Crippen LogP contribution in [0.3, 0.4) is 0 Å². The van der Waals surface area contributed by atoms with Gasteiger partial charge < -0.3 is 0 Å². The molecule has 0 fully saturated rings. The Kier molecular flexibility index (Phi) is 4.12. The number of hydrogen-bond acceptors (Lipinski definition) is 0. The van der Waals surface area contributed by atoms with Crippen molar-refractivity contribution in [2.24, 2.45) is 0 Å². The molecule has 1 unspecified atom stereocenters. The van der Waals surface area contributed by atoms with Crippen LogP contribution in [0, 0.1) is 25.5 Å². The molecule has 0 bridgehead atoms. The molecule has 100 valence electrons. The summed E-state index contributed by atoms with van der Waals surface area (Å²) in [6.07, 6.45) is 0. The second kappa shape index (κ2) is 5.48. The van der Waals surface area contributed by atoms with Gasteiger partial charge in [0.2, 0.25) is 0 Å². The molecule has 2 rings (SSSR count). The first kappa shape index (κ1) is 14.3. The summed E-state index contributed by atoms with van der Waals surface area (Å²) in [7, 11) is 0. The summed E-state index contributed by atoms with van der Waals surface area (Å²) in [6.45, 7) is 3.86. The number of benzene rings is 2. The maximum Gasteiger partial charge on any atom is 0.160 e. The average Bonchev–Trinajstić information content (AvgIpc) is 2.36. The topological polar surface area (TPSA) is 0 Å². The largest absolute Gasteiger partial charge is 0.204 e. The van der Waals surface area contributed by atoms with Crippen molar-refractivity contribution in [1.29, 1.82) is 0 Å². The Morgan fingerprint density at radius 3 is 2.26 bits per heavy atom. The molecule has 2 aromatic carbocycles. The minimum absolute atomic E-state index is 0.125. The van der Waals surface area contributed by atoms with E-state index in [0.29, 0.717) is 5.56 Å². The van der Waals surface area contributed by atoms with Crippen LogP contribution in [0.15, 0.2) is 30.3 Å². The van der Waals surface area contributed by atoms with Gasteiger partial charge in [0.05, 0.1) is 5.38 Å². The van der Waals surface area contributed by atoms with Crippen LogP contribution in [0.1, 0.15) is 27.6 Å². The van der Waals surface area contributed by atoms with E-state index in [2.05, 4.69) is 0 Å². The molecule has 0 aromatic heterocycles. The molecular weight excluding hydrogens is 289 g/mol. The fourth-order valence-electron chi connectivity index (χ4n) is 1.93.